The lowest BCUT2D eigenvalue weighted by Crippen LogP contribution is -2.29. The Bertz CT molecular complexity index is 501. The van der Waals surface area contributed by atoms with Crippen LogP contribution in [0.2, 0.25) is 0 Å². The van der Waals surface area contributed by atoms with E-state index in [-0.39, 0.29) is 0 Å². The first-order valence-corrected chi connectivity index (χ1v) is 6.51. The highest BCUT2D eigenvalue weighted by molar-refractivity contribution is 5.18. The molecule has 0 radical (unpaired) electrons. The van der Waals surface area contributed by atoms with Crippen LogP contribution in [0.15, 0.2) is 34.9 Å². The smallest absolute Gasteiger partial charge is 0.240 e. The van der Waals surface area contributed by atoms with Crippen molar-refractivity contribution in [2.24, 2.45) is 0 Å². The standard InChI is InChI=1S/C14H19N3O3/c1-19-10-12(18)8-15-9-14-16-13(17-20-14)7-11-5-3-2-4-6-11/h2-6,12,15,18H,7-10H2,1H3. The fourth-order valence-electron chi connectivity index (χ4n) is 1.81. The normalized spacial score (nSPS) is 12.5. The third kappa shape index (κ3) is 4.73. The highest BCUT2D eigenvalue weighted by atomic mass is 16.5. The van der Waals surface area contributed by atoms with Crippen LogP contribution in [0.1, 0.15) is 17.3 Å². The summed E-state index contributed by atoms with van der Waals surface area (Å²) in [6, 6.07) is 9.98. The number of rotatable bonds is 8. The van der Waals surface area contributed by atoms with Crippen molar-refractivity contribution in [1.82, 2.24) is 15.5 Å². The molecule has 0 saturated heterocycles. The molecule has 1 unspecified atom stereocenters. The molecule has 0 bridgehead atoms. The van der Waals surface area contributed by atoms with Gasteiger partial charge in [-0.2, -0.15) is 4.98 Å². The molecule has 2 N–H and O–H groups in total. The summed E-state index contributed by atoms with van der Waals surface area (Å²) in [5.41, 5.74) is 1.14. The highest BCUT2D eigenvalue weighted by Gasteiger charge is 2.08. The minimum absolute atomic E-state index is 0.302. The molecule has 0 aliphatic rings. The molecule has 0 amide bonds. The quantitative estimate of drug-likeness (QED) is 0.741. The molecule has 6 nitrogen and oxygen atoms in total. The van der Waals surface area contributed by atoms with Gasteiger partial charge in [0.2, 0.25) is 5.89 Å². The molecule has 2 rings (SSSR count). The molecule has 0 aliphatic carbocycles. The number of ether oxygens (including phenoxy) is 1. The maximum absolute atomic E-state index is 9.47. The summed E-state index contributed by atoms with van der Waals surface area (Å²) < 4.78 is 9.98. The summed E-state index contributed by atoms with van der Waals surface area (Å²) >= 11 is 0. The lowest BCUT2D eigenvalue weighted by atomic mass is 10.1. The Morgan fingerprint density at radius 1 is 1.35 bits per heavy atom. The molecule has 20 heavy (non-hydrogen) atoms. The maximum Gasteiger partial charge on any atom is 0.240 e. The number of nitrogens with one attached hydrogen (secondary N) is 1. The van der Waals surface area contributed by atoms with E-state index in [2.05, 4.69) is 15.5 Å². The lowest BCUT2D eigenvalue weighted by molar-refractivity contribution is 0.0639. The number of methoxy groups -OCH3 is 1. The first kappa shape index (κ1) is 14.6. The zero-order valence-electron chi connectivity index (χ0n) is 11.5. The summed E-state index contributed by atoms with van der Waals surface area (Å²) in [4.78, 5) is 4.30. The van der Waals surface area contributed by atoms with E-state index in [0.717, 1.165) is 5.56 Å². The van der Waals surface area contributed by atoms with Gasteiger partial charge in [0.1, 0.15) is 0 Å². The van der Waals surface area contributed by atoms with Crippen LogP contribution in [0, 0.1) is 0 Å². The molecule has 1 aromatic carbocycles. The average molecular weight is 277 g/mol. The van der Waals surface area contributed by atoms with Crippen LogP contribution in [-0.2, 0) is 17.7 Å². The second-order valence-corrected chi connectivity index (χ2v) is 4.51. The van der Waals surface area contributed by atoms with E-state index in [4.69, 9.17) is 9.26 Å². The summed E-state index contributed by atoms with van der Waals surface area (Å²) in [7, 11) is 1.55. The maximum atomic E-state index is 9.47. The molecule has 0 aliphatic heterocycles. The van der Waals surface area contributed by atoms with E-state index in [0.29, 0.717) is 37.8 Å². The van der Waals surface area contributed by atoms with Crippen LogP contribution in [0.4, 0.5) is 0 Å². The van der Waals surface area contributed by atoms with Crippen molar-refractivity contribution in [1.29, 1.82) is 0 Å². The van der Waals surface area contributed by atoms with Gasteiger partial charge in [0.25, 0.3) is 0 Å². The predicted octanol–water partition coefficient (Wildman–Crippen LogP) is 0.757. The van der Waals surface area contributed by atoms with Gasteiger partial charge in [-0.1, -0.05) is 35.5 Å². The Balaban J connectivity index is 1.78. The largest absolute Gasteiger partial charge is 0.389 e. The molecular weight excluding hydrogens is 258 g/mol. The molecule has 1 aromatic heterocycles. The number of nitrogens with zero attached hydrogens (tertiary/aromatic N) is 2. The van der Waals surface area contributed by atoms with Gasteiger partial charge in [-0.15, -0.1) is 0 Å². The zero-order chi connectivity index (χ0) is 14.2. The Morgan fingerprint density at radius 2 is 2.15 bits per heavy atom. The summed E-state index contributed by atoms with van der Waals surface area (Å²) in [6.45, 7) is 1.16. The minimum Gasteiger partial charge on any atom is -0.389 e. The molecule has 1 heterocycles. The van der Waals surface area contributed by atoms with E-state index in [1.54, 1.807) is 7.11 Å². The fourth-order valence-corrected chi connectivity index (χ4v) is 1.81. The average Bonchev–Trinajstić information content (AvgIpc) is 2.88. The summed E-state index contributed by atoms with van der Waals surface area (Å²) in [5, 5.41) is 16.4. The van der Waals surface area contributed by atoms with Gasteiger partial charge in [0.05, 0.1) is 19.3 Å². The Kier molecular flexibility index (Phi) is 5.67. The van der Waals surface area contributed by atoms with Crippen molar-refractivity contribution in [3.63, 3.8) is 0 Å². The Hall–Kier alpha value is -1.76. The van der Waals surface area contributed by atoms with Gasteiger partial charge in [0, 0.05) is 20.1 Å². The second kappa shape index (κ2) is 7.74. The van der Waals surface area contributed by atoms with E-state index >= 15 is 0 Å². The van der Waals surface area contributed by atoms with Crippen LogP contribution < -0.4 is 5.32 Å². The minimum atomic E-state index is -0.535. The lowest BCUT2D eigenvalue weighted by Gasteiger charge is -2.08. The van der Waals surface area contributed by atoms with Gasteiger partial charge in [-0.3, -0.25) is 0 Å². The van der Waals surface area contributed by atoms with Crippen LogP contribution in [0.3, 0.4) is 0 Å². The fraction of sp³-hybridized carbons (Fsp3) is 0.429. The van der Waals surface area contributed by atoms with Gasteiger partial charge < -0.3 is 19.7 Å². The molecule has 6 heteroatoms. The van der Waals surface area contributed by atoms with Gasteiger partial charge >= 0.3 is 0 Å². The number of hydrogen-bond acceptors (Lipinski definition) is 6. The zero-order valence-corrected chi connectivity index (χ0v) is 11.5. The molecule has 2 aromatic rings. The van der Waals surface area contributed by atoms with E-state index < -0.39 is 6.10 Å². The molecule has 1 atom stereocenters. The molecule has 0 spiro atoms. The molecular formula is C14H19N3O3. The van der Waals surface area contributed by atoms with Gasteiger partial charge in [-0.25, -0.2) is 0 Å². The third-order valence-corrected chi connectivity index (χ3v) is 2.73. The van der Waals surface area contributed by atoms with Crippen LogP contribution in [-0.4, -0.2) is 41.6 Å². The molecule has 108 valence electrons. The monoisotopic (exact) mass is 277 g/mol. The predicted molar refractivity (Wildman–Crippen MR) is 73.1 cm³/mol. The SMILES string of the molecule is COCC(O)CNCc1nc(Cc2ccccc2)no1. The first-order valence-electron chi connectivity index (χ1n) is 6.51. The van der Waals surface area contributed by atoms with E-state index in [1.165, 1.54) is 0 Å². The highest BCUT2D eigenvalue weighted by Crippen LogP contribution is 2.06. The topological polar surface area (TPSA) is 80.4 Å². The third-order valence-electron chi connectivity index (χ3n) is 2.73. The first-order chi connectivity index (χ1) is 9.78. The number of benzene rings is 1. The van der Waals surface area contributed by atoms with E-state index in [1.807, 2.05) is 30.3 Å². The Morgan fingerprint density at radius 3 is 2.90 bits per heavy atom. The van der Waals surface area contributed by atoms with Crippen molar-refractivity contribution in [3.05, 3.63) is 47.6 Å². The van der Waals surface area contributed by atoms with Gasteiger partial charge in [-0.05, 0) is 5.56 Å². The van der Waals surface area contributed by atoms with Crippen LogP contribution >= 0.6 is 0 Å². The summed E-state index contributed by atoms with van der Waals surface area (Å²) in [5.74, 6) is 1.17. The van der Waals surface area contributed by atoms with Gasteiger partial charge in [0.15, 0.2) is 5.82 Å². The number of aliphatic hydroxyl groups is 1. The van der Waals surface area contributed by atoms with Crippen molar-refractivity contribution >= 4 is 0 Å². The van der Waals surface area contributed by atoms with Crippen molar-refractivity contribution < 1.29 is 14.4 Å². The number of aromatic nitrogens is 2. The van der Waals surface area contributed by atoms with E-state index in [9.17, 15) is 5.11 Å². The Labute approximate surface area is 117 Å². The van der Waals surface area contributed by atoms with Crippen LogP contribution in [0.5, 0.6) is 0 Å². The summed E-state index contributed by atoms with van der Waals surface area (Å²) in [6.07, 6.45) is 0.114. The number of hydrogen-bond donors (Lipinski definition) is 2. The number of aliphatic hydroxyl groups excluding tert-OH is 1. The second-order valence-electron chi connectivity index (χ2n) is 4.51. The molecule has 0 saturated carbocycles. The molecule has 0 fully saturated rings. The van der Waals surface area contributed by atoms with Crippen molar-refractivity contribution in [2.75, 3.05) is 20.3 Å². The van der Waals surface area contributed by atoms with Crippen molar-refractivity contribution in [3.8, 4) is 0 Å². The van der Waals surface area contributed by atoms with Crippen LogP contribution in [0.25, 0.3) is 0 Å². The van der Waals surface area contributed by atoms with Crippen molar-refractivity contribution in [2.45, 2.75) is 19.1 Å².